The summed E-state index contributed by atoms with van der Waals surface area (Å²) in [5.74, 6) is 1.07. The average Bonchev–Trinajstić information content (AvgIpc) is 2.58. The van der Waals surface area contributed by atoms with E-state index in [0.29, 0.717) is 11.6 Å². The number of rotatable bonds is 1. The van der Waals surface area contributed by atoms with Crippen molar-refractivity contribution in [2.45, 2.75) is 0 Å². The van der Waals surface area contributed by atoms with Gasteiger partial charge in [0.2, 0.25) is 0 Å². The summed E-state index contributed by atoms with van der Waals surface area (Å²) >= 11 is 0. The number of nitrogen functional groups attached to an aromatic ring is 1. The molecule has 12 heavy (non-hydrogen) atoms. The van der Waals surface area contributed by atoms with Crippen molar-refractivity contribution in [1.82, 2.24) is 20.0 Å². The van der Waals surface area contributed by atoms with E-state index in [4.69, 9.17) is 5.73 Å². The molecule has 0 fully saturated rings. The number of anilines is 1. The van der Waals surface area contributed by atoms with Gasteiger partial charge in [0.15, 0.2) is 5.82 Å². The molecule has 0 aliphatic heterocycles. The van der Waals surface area contributed by atoms with Crippen molar-refractivity contribution in [2.24, 2.45) is 0 Å². The molecule has 0 unspecified atom stereocenters. The molecule has 0 aliphatic carbocycles. The van der Waals surface area contributed by atoms with Gasteiger partial charge in [0, 0.05) is 12.4 Å². The van der Waals surface area contributed by atoms with Gasteiger partial charge >= 0.3 is 0 Å². The molecule has 0 aromatic carbocycles. The normalized spacial score (nSPS) is 10.0. The third-order valence-corrected chi connectivity index (χ3v) is 1.41. The second-order valence-corrected chi connectivity index (χ2v) is 2.27. The van der Waals surface area contributed by atoms with E-state index in [2.05, 4.69) is 15.3 Å². The van der Waals surface area contributed by atoms with Crippen LogP contribution in [0.15, 0.2) is 30.6 Å². The molecule has 2 rings (SSSR count). The van der Waals surface area contributed by atoms with E-state index in [0.717, 1.165) is 0 Å². The van der Waals surface area contributed by atoms with Crippen LogP contribution in [0, 0.1) is 0 Å². The Morgan fingerprint density at radius 3 is 2.75 bits per heavy atom. The molecule has 0 radical (unpaired) electrons. The summed E-state index contributed by atoms with van der Waals surface area (Å²) in [5, 5.41) is 11.5. The Bertz CT molecular complexity index is 350. The summed E-state index contributed by atoms with van der Waals surface area (Å²) < 4.78 is 1.62. The quantitative estimate of drug-likeness (QED) is 0.650. The second kappa shape index (κ2) is 2.61. The van der Waals surface area contributed by atoms with Crippen LogP contribution in [-0.4, -0.2) is 20.0 Å². The van der Waals surface area contributed by atoms with E-state index in [1.165, 1.54) is 0 Å². The zero-order chi connectivity index (χ0) is 8.39. The summed E-state index contributed by atoms with van der Waals surface area (Å²) in [6.07, 6.45) is 3.47. The predicted octanol–water partition coefficient (Wildman–Crippen LogP) is 0.244. The van der Waals surface area contributed by atoms with Crippen LogP contribution in [0.2, 0.25) is 0 Å². The highest BCUT2D eigenvalue weighted by Gasteiger charge is 1.96. The number of nitrogens with two attached hydrogens (primary N) is 1. The third-order valence-electron chi connectivity index (χ3n) is 1.41. The Morgan fingerprint density at radius 2 is 2.17 bits per heavy atom. The Morgan fingerprint density at radius 1 is 1.25 bits per heavy atom. The van der Waals surface area contributed by atoms with Crippen molar-refractivity contribution in [1.29, 1.82) is 0 Å². The first-order valence-electron chi connectivity index (χ1n) is 3.45. The highest BCUT2D eigenvalue weighted by atomic mass is 15.3. The van der Waals surface area contributed by atoms with E-state index in [9.17, 15) is 0 Å². The Labute approximate surface area is 68.8 Å². The van der Waals surface area contributed by atoms with Crippen molar-refractivity contribution in [3.8, 4) is 5.82 Å². The third kappa shape index (κ3) is 1.12. The van der Waals surface area contributed by atoms with Crippen LogP contribution in [0.1, 0.15) is 0 Å². The number of nitrogens with zero attached hydrogens (tertiary/aromatic N) is 4. The molecule has 0 saturated carbocycles. The molecule has 0 atom stereocenters. The summed E-state index contributed by atoms with van der Waals surface area (Å²) in [6, 6.07) is 5.26. The summed E-state index contributed by atoms with van der Waals surface area (Å²) in [4.78, 5) is 0. The second-order valence-electron chi connectivity index (χ2n) is 2.27. The molecular formula is C7H7N5. The van der Waals surface area contributed by atoms with Gasteiger partial charge in [0.05, 0.1) is 0 Å². The molecule has 0 amide bonds. The molecule has 2 aromatic rings. The molecule has 2 N–H and O–H groups in total. The van der Waals surface area contributed by atoms with E-state index in [-0.39, 0.29) is 0 Å². The maximum atomic E-state index is 5.38. The van der Waals surface area contributed by atoms with E-state index >= 15 is 0 Å². The number of hydrogen-bond acceptors (Lipinski definition) is 4. The van der Waals surface area contributed by atoms with Gasteiger partial charge in [-0.25, -0.2) is 4.68 Å². The van der Waals surface area contributed by atoms with Crippen LogP contribution < -0.4 is 5.73 Å². The van der Waals surface area contributed by atoms with Crippen LogP contribution in [-0.2, 0) is 0 Å². The lowest BCUT2D eigenvalue weighted by molar-refractivity contribution is 0.817. The minimum Gasteiger partial charge on any atom is -0.382 e. The largest absolute Gasteiger partial charge is 0.382 e. The van der Waals surface area contributed by atoms with Gasteiger partial charge in [0.25, 0.3) is 0 Å². The Balaban J connectivity index is 2.43. The monoisotopic (exact) mass is 161 g/mol. The first kappa shape index (κ1) is 6.78. The molecule has 0 aliphatic rings. The SMILES string of the molecule is Nc1ccc(-n2cccn2)nn1. The highest BCUT2D eigenvalue weighted by Crippen LogP contribution is 2.01. The Kier molecular flexibility index (Phi) is 1.48. The first-order valence-corrected chi connectivity index (χ1v) is 3.45. The van der Waals surface area contributed by atoms with Crippen molar-refractivity contribution >= 4 is 5.82 Å². The van der Waals surface area contributed by atoms with Crippen molar-refractivity contribution < 1.29 is 0 Å². The van der Waals surface area contributed by atoms with Crippen LogP contribution in [0.3, 0.4) is 0 Å². The predicted molar refractivity (Wildman–Crippen MR) is 43.6 cm³/mol. The van der Waals surface area contributed by atoms with Gasteiger partial charge in [-0.15, -0.1) is 10.2 Å². The van der Waals surface area contributed by atoms with Gasteiger partial charge in [-0.1, -0.05) is 0 Å². The molecule has 2 heterocycles. The van der Waals surface area contributed by atoms with Crippen molar-refractivity contribution in [3.05, 3.63) is 30.6 Å². The van der Waals surface area contributed by atoms with E-state index in [1.54, 1.807) is 29.2 Å². The van der Waals surface area contributed by atoms with E-state index in [1.807, 2.05) is 6.07 Å². The van der Waals surface area contributed by atoms with Crippen LogP contribution in [0.4, 0.5) is 5.82 Å². The standard InChI is InChI=1S/C7H7N5/c8-6-2-3-7(11-10-6)12-5-1-4-9-12/h1-5H,(H2,8,10). The van der Waals surface area contributed by atoms with Gasteiger partial charge in [-0.3, -0.25) is 0 Å². The fourth-order valence-corrected chi connectivity index (χ4v) is 0.862. The molecule has 0 saturated heterocycles. The fraction of sp³-hybridized carbons (Fsp3) is 0. The highest BCUT2D eigenvalue weighted by molar-refractivity contribution is 5.30. The number of aromatic nitrogens is 4. The Hall–Kier alpha value is -1.91. The summed E-state index contributed by atoms with van der Waals surface area (Å²) in [6.45, 7) is 0. The van der Waals surface area contributed by atoms with Crippen molar-refractivity contribution in [2.75, 3.05) is 5.73 Å². The average molecular weight is 161 g/mol. The maximum absolute atomic E-state index is 5.38. The van der Waals surface area contributed by atoms with Gasteiger partial charge in [-0.05, 0) is 18.2 Å². The fourth-order valence-electron chi connectivity index (χ4n) is 0.862. The lowest BCUT2D eigenvalue weighted by Crippen LogP contribution is -2.01. The smallest absolute Gasteiger partial charge is 0.175 e. The van der Waals surface area contributed by atoms with Crippen LogP contribution >= 0.6 is 0 Å². The molecular weight excluding hydrogens is 154 g/mol. The topological polar surface area (TPSA) is 69.6 Å². The summed E-state index contributed by atoms with van der Waals surface area (Å²) in [5.41, 5.74) is 5.38. The molecule has 5 nitrogen and oxygen atoms in total. The lowest BCUT2D eigenvalue weighted by atomic mass is 10.5. The molecule has 0 bridgehead atoms. The van der Waals surface area contributed by atoms with Gasteiger partial charge < -0.3 is 5.73 Å². The van der Waals surface area contributed by atoms with Gasteiger partial charge in [-0.2, -0.15) is 5.10 Å². The van der Waals surface area contributed by atoms with Gasteiger partial charge in [0.1, 0.15) is 5.82 Å². The molecule has 2 aromatic heterocycles. The van der Waals surface area contributed by atoms with Crippen LogP contribution in [0.25, 0.3) is 5.82 Å². The molecule has 60 valence electrons. The van der Waals surface area contributed by atoms with Crippen LogP contribution in [0.5, 0.6) is 0 Å². The molecule has 5 heteroatoms. The minimum atomic E-state index is 0.408. The zero-order valence-electron chi connectivity index (χ0n) is 6.25. The zero-order valence-corrected chi connectivity index (χ0v) is 6.25. The lowest BCUT2D eigenvalue weighted by Gasteiger charge is -1.97. The van der Waals surface area contributed by atoms with Crippen molar-refractivity contribution in [3.63, 3.8) is 0 Å². The number of hydrogen-bond donors (Lipinski definition) is 1. The summed E-state index contributed by atoms with van der Waals surface area (Å²) in [7, 11) is 0. The minimum absolute atomic E-state index is 0.408. The molecule has 0 spiro atoms. The first-order chi connectivity index (χ1) is 5.86. The maximum Gasteiger partial charge on any atom is 0.175 e. The van der Waals surface area contributed by atoms with E-state index < -0.39 is 0 Å².